The van der Waals surface area contributed by atoms with Crippen LogP contribution in [0.5, 0.6) is 0 Å². The fraction of sp³-hybridized carbons (Fsp3) is 0.391. The molecule has 0 spiro atoms. The Hall–Kier alpha value is -4.12. The van der Waals surface area contributed by atoms with Gasteiger partial charge in [-0.2, -0.15) is 44.6 Å². The number of benzene rings is 1. The second kappa shape index (κ2) is 10.1. The SMILES string of the molecule is CC(C(=O)N1C[C@H](F)[C@H](NC(=O)c2cc(-c3cc(C(F)(F)F)c4c(N)ncnn34)ccc2C(F)(F)F)C1)C(F)(F)F. The summed E-state index contributed by atoms with van der Waals surface area (Å²) < 4.78 is 136. The quantitative estimate of drug-likeness (QED) is 0.430. The van der Waals surface area contributed by atoms with Crippen molar-refractivity contribution in [1.82, 2.24) is 24.8 Å². The lowest BCUT2D eigenvalue weighted by Gasteiger charge is -2.22. The van der Waals surface area contributed by atoms with E-state index >= 15 is 0 Å². The van der Waals surface area contributed by atoms with E-state index in [4.69, 9.17) is 5.73 Å². The van der Waals surface area contributed by atoms with Gasteiger partial charge in [-0.25, -0.2) is 13.9 Å². The second-order valence-electron chi connectivity index (χ2n) is 9.21. The van der Waals surface area contributed by atoms with Gasteiger partial charge in [0.2, 0.25) is 5.91 Å². The molecule has 41 heavy (non-hydrogen) atoms. The zero-order valence-corrected chi connectivity index (χ0v) is 20.5. The first-order chi connectivity index (χ1) is 18.8. The minimum Gasteiger partial charge on any atom is -0.382 e. The normalized spacial score (nSPS) is 19.0. The van der Waals surface area contributed by atoms with Crippen LogP contribution in [-0.2, 0) is 17.1 Å². The van der Waals surface area contributed by atoms with Crippen molar-refractivity contribution in [2.24, 2.45) is 5.92 Å². The third-order valence-electron chi connectivity index (χ3n) is 6.49. The molecule has 222 valence electrons. The first kappa shape index (κ1) is 29.9. The Morgan fingerprint density at radius 1 is 1.00 bits per heavy atom. The fourth-order valence-electron chi connectivity index (χ4n) is 4.37. The molecule has 4 rings (SSSR count). The molecule has 1 aliphatic rings. The van der Waals surface area contributed by atoms with Crippen molar-refractivity contribution in [1.29, 1.82) is 0 Å². The van der Waals surface area contributed by atoms with Gasteiger partial charge in [-0.3, -0.25) is 9.59 Å². The van der Waals surface area contributed by atoms with E-state index in [9.17, 15) is 53.5 Å². The molecule has 1 unspecified atom stereocenters. The largest absolute Gasteiger partial charge is 0.418 e. The Morgan fingerprint density at radius 2 is 1.63 bits per heavy atom. The molecule has 8 nitrogen and oxygen atoms in total. The van der Waals surface area contributed by atoms with E-state index in [1.807, 2.05) is 5.32 Å². The summed E-state index contributed by atoms with van der Waals surface area (Å²) in [5, 5.41) is 5.64. The van der Waals surface area contributed by atoms with Crippen LogP contribution in [0, 0.1) is 5.92 Å². The number of likely N-dealkylation sites (tertiary alicyclic amines) is 1. The summed E-state index contributed by atoms with van der Waals surface area (Å²) in [6, 6.07) is 0.686. The average molecular weight is 600 g/mol. The number of fused-ring (bicyclic) bond motifs is 1. The Balaban J connectivity index is 1.71. The smallest absolute Gasteiger partial charge is 0.382 e. The van der Waals surface area contributed by atoms with Gasteiger partial charge in [0.25, 0.3) is 5.91 Å². The third-order valence-corrected chi connectivity index (χ3v) is 6.49. The van der Waals surface area contributed by atoms with Crippen LogP contribution in [-0.4, -0.2) is 62.8 Å². The van der Waals surface area contributed by atoms with Crippen molar-refractivity contribution in [2.45, 2.75) is 37.7 Å². The number of amides is 2. The first-order valence-corrected chi connectivity index (χ1v) is 11.5. The van der Waals surface area contributed by atoms with Gasteiger partial charge < -0.3 is 16.0 Å². The molecule has 1 aliphatic heterocycles. The van der Waals surface area contributed by atoms with Crippen LogP contribution in [0.25, 0.3) is 16.8 Å². The molecule has 3 aromatic rings. The maximum atomic E-state index is 14.6. The van der Waals surface area contributed by atoms with Gasteiger partial charge in [0.1, 0.15) is 23.9 Å². The van der Waals surface area contributed by atoms with Gasteiger partial charge in [0.05, 0.1) is 35.0 Å². The van der Waals surface area contributed by atoms with Crippen LogP contribution in [0.2, 0.25) is 0 Å². The number of halogens is 10. The van der Waals surface area contributed by atoms with E-state index in [1.54, 1.807) is 0 Å². The predicted octanol–water partition coefficient (Wildman–Crippen LogP) is 4.49. The molecule has 2 amide bonds. The lowest BCUT2D eigenvalue weighted by Crippen LogP contribution is -2.43. The van der Waals surface area contributed by atoms with Gasteiger partial charge in [0.15, 0.2) is 5.82 Å². The molecule has 3 atom stereocenters. The number of nitrogens with two attached hydrogens (primary N) is 1. The molecule has 1 saturated heterocycles. The van der Waals surface area contributed by atoms with Gasteiger partial charge in [-0.1, -0.05) is 6.07 Å². The summed E-state index contributed by atoms with van der Waals surface area (Å²) in [7, 11) is 0. The summed E-state index contributed by atoms with van der Waals surface area (Å²) in [4.78, 5) is 29.0. The number of hydrogen-bond donors (Lipinski definition) is 2. The van der Waals surface area contributed by atoms with E-state index in [2.05, 4.69) is 10.1 Å². The standard InChI is InChI=1S/C23H18F10N6O2/c1-9(21(25,26)27)20(41)38-6-14(24)15(7-38)37-19(40)11-4-10(2-3-12(11)22(28,29)30)16-5-13(23(31,32)33)17-18(34)35-8-36-39(16)17/h2-5,8-9,14-15H,6-7H2,1H3,(H,37,40)(H2,34,35,36)/t9?,14-,15+/m0/s1. The number of aromatic nitrogens is 3. The summed E-state index contributed by atoms with van der Waals surface area (Å²) in [6.07, 6.45) is -16.4. The molecule has 1 aromatic carbocycles. The van der Waals surface area contributed by atoms with Crippen molar-refractivity contribution in [3.05, 3.63) is 47.3 Å². The number of nitrogen functional groups attached to an aromatic ring is 1. The summed E-state index contributed by atoms with van der Waals surface area (Å²) >= 11 is 0. The van der Waals surface area contributed by atoms with Crippen LogP contribution in [0.4, 0.5) is 49.7 Å². The van der Waals surface area contributed by atoms with E-state index in [0.717, 1.165) is 12.4 Å². The van der Waals surface area contributed by atoms with Crippen LogP contribution < -0.4 is 11.1 Å². The van der Waals surface area contributed by atoms with E-state index in [-0.39, 0.29) is 5.56 Å². The topological polar surface area (TPSA) is 106 Å². The van der Waals surface area contributed by atoms with Gasteiger partial charge in [-0.15, -0.1) is 0 Å². The van der Waals surface area contributed by atoms with Crippen LogP contribution in [0.3, 0.4) is 0 Å². The van der Waals surface area contributed by atoms with Crippen LogP contribution in [0.1, 0.15) is 28.4 Å². The minimum atomic E-state index is -5.15. The molecular weight excluding hydrogens is 582 g/mol. The minimum absolute atomic E-state index is 0.342. The second-order valence-corrected chi connectivity index (χ2v) is 9.21. The monoisotopic (exact) mass is 600 g/mol. The lowest BCUT2D eigenvalue weighted by atomic mass is 10.00. The number of carbonyl (C=O) groups excluding carboxylic acids is 2. The molecule has 3 heterocycles. The highest BCUT2D eigenvalue weighted by atomic mass is 19.4. The molecule has 1 fully saturated rings. The van der Waals surface area contributed by atoms with Gasteiger partial charge in [-0.05, 0) is 25.1 Å². The molecule has 18 heteroatoms. The number of rotatable bonds is 4. The zero-order valence-electron chi connectivity index (χ0n) is 20.5. The molecule has 0 aliphatic carbocycles. The lowest BCUT2D eigenvalue weighted by molar-refractivity contribution is -0.185. The zero-order chi connectivity index (χ0) is 30.7. The Kier molecular flexibility index (Phi) is 7.32. The van der Waals surface area contributed by atoms with Gasteiger partial charge >= 0.3 is 18.5 Å². The number of nitrogens with zero attached hydrogens (tertiary/aromatic N) is 4. The number of alkyl halides is 10. The van der Waals surface area contributed by atoms with Crippen molar-refractivity contribution in [3.8, 4) is 11.3 Å². The van der Waals surface area contributed by atoms with Crippen molar-refractivity contribution in [3.63, 3.8) is 0 Å². The highest BCUT2D eigenvalue weighted by molar-refractivity contribution is 5.97. The number of anilines is 1. The number of nitrogens with one attached hydrogen (secondary N) is 1. The third kappa shape index (κ3) is 5.72. The fourth-order valence-corrected chi connectivity index (χ4v) is 4.37. The summed E-state index contributed by atoms with van der Waals surface area (Å²) in [5.74, 6) is -6.10. The Labute approximate surface area is 223 Å². The van der Waals surface area contributed by atoms with E-state index < -0.39 is 95.3 Å². The molecule has 2 aromatic heterocycles. The Bertz CT molecular complexity index is 1500. The molecule has 0 radical (unpaired) electrons. The first-order valence-electron chi connectivity index (χ1n) is 11.5. The number of carbonyl (C=O) groups is 2. The highest BCUT2D eigenvalue weighted by Crippen LogP contribution is 2.40. The van der Waals surface area contributed by atoms with Crippen LogP contribution >= 0.6 is 0 Å². The molecule has 3 N–H and O–H groups in total. The number of hydrogen-bond acceptors (Lipinski definition) is 5. The summed E-state index contributed by atoms with van der Waals surface area (Å²) in [6.45, 7) is -1.06. The van der Waals surface area contributed by atoms with E-state index in [1.165, 1.54) is 0 Å². The maximum Gasteiger partial charge on any atom is 0.418 e. The Morgan fingerprint density at radius 3 is 2.22 bits per heavy atom. The summed E-state index contributed by atoms with van der Waals surface area (Å²) in [5.41, 5.74) is 0.171. The van der Waals surface area contributed by atoms with Crippen LogP contribution in [0.15, 0.2) is 30.6 Å². The average Bonchev–Trinajstić information content (AvgIpc) is 3.43. The molecule has 0 bridgehead atoms. The highest BCUT2D eigenvalue weighted by Gasteiger charge is 2.47. The molecule has 0 saturated carbocycles. The maximum absolute atomic E-state index is 14.6. The van der Waals surface area contributed by atoms with Gasteiger partial charge in [0, 0.05) is 12.1 Å². The molecular formula is C23H18F10N6O2. The van der Waals surface area contributed by atoms with Crippen molar-refractivity contribution in [2.75, 3.05) is 18.8 Å². The van der Waals surface area contributed by atoms with Crippen molar-refractivity contribution < 1.29 is 53.5 Å². The predicted molar refractivity (Wildman–Crippen MR) is 121 cm³/mol. The van der Waals surface area contributed by atoms with E-state index in [0.29, 0.717) is 34.5 Å². The van der Waals surface area contributed by atoms with Crippen molar-refractivity contribution >= 4 is 23.1 Å².